The number of para-hydroxylation sites is 1. The third kappa shape index (κ3) is 3.21. The Balaban J connectivity index is 1.54. The van der Waals surface area contributed by atoms with Crippen LogP contribution in [0.15, 0.2) is 24.3 Å². The molecular formula is C17H25N3O. The van der Waals surface area contributed by atoms with Crippen molar-refractivity contribution in [3.05, 3.63) is 29.8 Å². The predicted octanol–water partition coefficient (Wildman–Crippen LogP) is 1.82. The summed E-state index contributed by atoms with van der Waals surface area (Å²) in [5.41, 5.74) is 2.39. The summed E-state index contributed by atoms with van der Waals surface area (Å²) in [6.45, 7) is 2.95. The van der Waals surface area contributed by atoms with Crippen LogP contribution in [-0.2, 0) is 11.2 Å². The number of likely N-dealkylation sites (tertiary alicyclic amines) is 1. The molecule has 0 saturated carbocycles. The maximum absolute atomic E-state index is 12.7. The largest absolute Gasteiger partial charge is 0.373 e. The maximum atomic E-state index is 12.7. The summed E-state index contributed by atoms with van der Waals surface area (Å²) in [5.74, 6) is 1.01. The van der Waals surface area contributed by atoms with Gasteiger partial charge in [-0.05, 0) is 44.5 Å². The second kappa shape index (κ2) is 6.06. The lowest BCUT2D eigenvalue weighted by molar-refractivity contribution is -0.133. The number of piperidine rings is 1. The minimum atomic E-state index is -0.0622. The van der Waals surface area contributed by atoms with Gasteiger partial charge < -0.3 is 15.1 Å². The first-order chi connectivity index (χ1) is 10.1. The molecule has 114 valence electrons. The Kier molecular flexibility index (Phi) is 4.15. The van der Waals surface area contributed by atoms with Crippen molar-refractivity contribution in [3.63, 3.8) is 0 Å². The molecule has 0 spiro atoms. The molecule has 0 aliphatic carbocycles. The lowest BCUT2D eigenvalue weighted by Gasteiger charge is -2.34. The molecule has 3 rings (SSSR count). The smallest absolute Gasteiger partial charge is 0.245 e. The van der Waals surface area contributed by atoms with Gasteiger partial charge in [-0.25, -0.2) is 0 Å². The molecule has 0 bridgehead atoms. The van der Waals surface area contributed by atoms with E-state index in [0.29, 0.717) is 0 Å². The van der Waals surface area contributed by atoms with E-state index in [1.165, 1.54) is 5.56 Å². The highest BCUT2D eigenvalue weighted by atomic mass is 16.2. The molecule has 21 heavy (non-hydrogen) atoms. The van der Waals surface area contributed by atoms with E-state index in [-0.39, 0.29) is 11.9 Å². The molecule has 0 unspecified atom stereocenters. The Morgan fingerprint density at radius 3 is 2.67 bits per heavy atom. The third-order valence-corrected chi connectivity index (χ3v) is 4.62. The van der Waals surface area contributed by atoms with Gasteiger partial charge in [0.2, 0.25) is 5.91 Å². The fraction of sp³-hybridized carbons (Fsp3) is 0.588. The fourth-order valence-electron chi connectivity index (χ4n) is 3.52. The number of hydrogen-bond donors (Lipinski definition) is 1. The van der Waals surface area contributed by atoms with Gasteiger partial charge in [-0.15, -0.1) is 0 Å². The topological polar surface area (TPSA) is 35.6 Å². The number of rotatable bonds is 3. The lowest BCUT2D eigenvalue weighted by atomic mass is 9.95. The monoisotopic (exact) mass is 287 g/mol. The zero-order valence-corrected chi connectivity index (χ0v) is 13.0. The van der Waals surface area contributed by atoms with Crippen molar-refractivity contribution in [1.29, 1.82) is 0 Å². The van der Waals surface area contributed by atoms with Crippen molar-refractivity contribution in [3.8, 4) is 0 Å². The Hall–Kier alpha value is -1.55. The Morgan fingerprint density at radius 2 is 2.00 bits per heavy atom. The van der Waals surface area contributed by atoms with E-state index in [1.807, 2.05) is 12.1 Å². The summed E-state index contributed by atoms with van der Waals surface area (Å²) in [5, 5.41) is 3.38. The standard InChI is InChI=1S/C17H25N3O/c1-19(2)12-13-7-9-20(10-8-13)17(21)16-11-14-5-3-4-6-15(14)18-16/h3-6,13,16,18H,7-12H2,1-2H3/t16-/m0/s1. The number of nitrogens with zero attached hydrogens (tertiary/aromatic N) is 2. The molecule has 0 aromatic heterocycles. The molecule has 4 heteroatoms. The molecule has 2 aliphatic rings. The van der Waals surface area contributed by atoms with E-state index in [9.17, 15) is 4.79 Å². The third-order valence-electron chi connectivity index (χ3n) is 4.62. The van der Waals surface area contributed by atoms with E-state index < -0.39 is 0 Å². The minimum absolute atomic E-state index is 0.0622. The molecule has 0 radical (unpaired) electrons. The highest BCUT2D eigenvalue weighted by Gasteiger charge is 2.32. The molecular weight excluding hydrogens is 262 g/mol. The zero-order chi connectivity index (χ0) is 14.8. The van der Waals surface area contributed by atoms with Crippen LogP contribution >= 0.6 is 0 Å². The van der Waals surface area contributed by atoms with Crippen LogP contribution in [-0.4, -0.2) is 55.5 Å². The van der Waals surface area contributed by atoms with Gasteiger partial charge in [-0.3, -0.25) is 4.79 Å². The first-order valence-corrected chi connectivity index (χ1v) is 7.91. The van der Waals surface area contributed by atoms with Crippen molar-refractivity contribution in [2.75, 3.05) is 39.0 Å². The molecule has 1 amide bonds. The van der Waals surface area contributed by atoms with E-state index in [2.05, 4.69) is 41.3 Å². The summed E-state index contributed by atoms with van der Waals surface area (Å²) in [6.07, 6.45) is 3.08. The van der Waals surface area contributed by atoms with E-state index in [1.54, 1.807) is 0 Å². The number of hydrogen-bond acceptors (Lipinski definition) is 3. The number of benzene rings is 1. The van der Waals surface area contributed by atoms with Gasteiger partial charge in [0.25, 0.3) is 0 Å². The van der Waals surface area contributed by atoms with Crippen LogP contribution < -0.4 is 5.32 Å². The first kappa shape index (κ1) is 14.4. The quantitative estimate of drug-likeness (QED) is 0.921. The van der Waals surface area contributed by atoms with Gasteiger partial charge in [0.15, 0.2) is 0 Å². The predicted molar refractivity (Wildman–Crippen MR) is 85.4 cm³/mol. The summed E-state index contributed by atoms with van der Waals surface area (Å²) in [6, 6.07) is 8.17. The van der Waals surface area contributed by atoms with Crippen molar-refractivity contribution in [1.82, 2.24) is 9.80 Å². The van der Waals surface area contributed by atoms with Gasteiger partial charge in [0.1, 0.15) is 6.04 Å². The van der Waals surface area contributed by atoms with Gasteiger partial charge in [-0.2, -0.15) is 0 Å². The number of nitrogens with one attached hydrogen (secondary N) is 1. The van der Waals surface area contributed by atoms with Crippen molar-refractivity contribution < 1.29 is 4.79 Å². The summed E-state index contributed by atoms with van der Waals surface area (Å²) < 4.78 is 0. The van der Waals surface area contributed by atoms with Gasteiger partial charge in [-0.1, -0.05) is 18.2 Å². The average Bonchev–Trinajstić information content (AvgIpc) is 2.90. The van der Waals surface area contributed by atoms with Crippen LogP contribution in [0.4, 0.5) is 5.69 Å². The zero-order valence-electron chi connectivity index (χ0n) is 13.0. The van der Waals surface area contributed by atoms with E-state index in [4.69, 9.17) is 0 Å². The van der Waals surface area contributed by atoms with Crippen LogP contribution in [0, 0.1) is 5.92 Å². The molecule has 2 aliphatic heterocycles. The SMILES string of the molecule is CN(C)CC1CCN(C(=O)[C@@H]2Cc3ccccc3N2)CC1. The van der Waals surface area contributed by atoms with Gasteiger partial charge >= 0.3 is 0 Å². The summed E-state index contributed by atoms with van der Waals surface area (Å²) in [4.78, 5) is 16.9. The van der Waals surface area contributed by atoms with Crippen LogP contribution in [0.1, 0.15) is 18.4 Å². The van der Waals surface area contributed by atoms with E-state index in [0.717, 1.165) is 50.5 Å². The highest BCUT2D eigenvalue weighted by molar-refractivity contribution is 5.87. The Labute approximate surface area is 127 Å². The maximum Gasteiger partial charge on any atom is 0.245 e. The summed E-state index contributed by atoms with van der Waals surface area (Å²) >= 11 is 0. The first-order valence-electron chi connectivity index (χ1n) is 7.91. The van der Waals surface area contributed by atoms with Crippen LogP contribution in [0.25, 0.3) is 0 Å². The Morgan fingerprint density at radius 1 is 1.29 bits per heavy atom. The number of carbonyl (C=O) groups is 1. The molecule has 1 saturated heterocycles. The summed E-state index contributed by atoms with van der Waals surface area (Å²) in [7, 11) is 4.24. The van der Waals surface area contributed by atoms with Gasteiger partial charge in [0.05, 0.1) is 0 Å². The number of fused-ring (bicyclic) bond motifs is 1. The Bertz CT molecular complexity index is 482. The average molecular weight is 287 g/mol. The van der Waals surface area contributed by atoms with Crippen LogP contribution in [0.2, 0.25) is 0 Å². The van der Waals surface area contributed by atoms with Crippen molar-refractivity contribution in [2.45, 2.75) is 25.3 Å². The number of carbonyl (C=O) groups excluding carboxylic acids is 1. The second-order valence-electron chi connectivity index (χ2n) is 6.59. The molecule has 1 atom stereocenters. The van der Waals surface area contributed by atoms with E-state index >= 15 is 0 Å². The molecule has 2 heterocycles. The minimum Gasteiger partial charge on any atom is -0.373 e. The normalized spacial score (nSPS) is 22.2. The lowest BCUT2D eigenvalue weighted by Crippen LogP contribution is -2.46. The number of anilines is 1. The highest BCUT2D eigenvalue weighted by Crippen LogP contribution is 2.27. The van der Waals surface area contributed by atoms with Crippen LogP contribution in [0.5, 0.6) is 0 Å². The molecule has 1 N–H and O–H groups in total. The van der Waals surface area contributed by atoms with Crippen molar-refractivity contribution in [2.24, 2.45) is 5.92 Å². The molecule has 4 nitrogen and oxygen atoms in total. The fourth-order valence-corrected chi connectivity index (χ4v) is 3.52. The molecule has 1 fully saturated rings. The second-order valence-corrected chi connectivity index (χ2v) is 6.59. The van der Waals surface area contributed by atoms with Crippen LogP contribution in [0.3, 0.4) is 0 Å². The number of amides is 1. The van der Waals surface area contributed by atoms with Crippen molar-refractivity contribution >= 4 is 11.6 Å². The van der Waals surface area contributed by atoms with Gasteiger partial charge in [0, 0.05) is 31.7 Å². The molecule has 1 aromatic carbocycles. The molecule has 1 aromatic rings.